The van der Waals surface area contributed by atoms with Crippen molar-refractivity contribution in [3.63, 3.8) is 0 Å². The van der Waals surface area contributed by atoms with Gasteiger partial charge in [-0.1, -0.05) is 24.3 Å². The Hall–Kier alpha value is -1.88. The van der Waals surface area contributed by atoms with Crippen molar-refractivity contribution in [3.05, 3.63) is 35.4 Å². The summed E-state index contributed by atoms with van der Waals surface area (Å²) in [6.45, 7) is 3.59. The van der Waals surface area contributed by atoms with Gasteiger partial charge in [0, 0.05) is 26.1 Å². The molecule has 0 fully saturated rings. The number of nitrogens with one attached hydrogen (secondary N) is 3. The molecule has 5 heteroatoms. The van der Waals surface area contributed by atoms with Crippen LogP contribution in [0.3, 0.4) is 0 Å². The smallest absolute Gasteiger partial charge is 0.237 e. The predicted octanol–water partition coefficient (Wildman–Crippen LogP) is 0.343. The van der Waals surface area contributed by atoms with Gasteiger partial charge in [0.15, 0.2) is 0 Å². The van der Waals surface area contributed by atoms with Crippen LogP contribution in [0.4, 0.5) is 0 Å². The molecule has 1 heterocycles. The maximum absolute atomic E-state index is 12.0. The van der Waals surface area contributed by atoms with Gasteiger partial charge in [-0.15, -0.1) is 0 Å². The van der Waals surface area contributed by atoms with Crippen LogP contribution in [0.25, 0.3) is 0 Å². The molecule has 20 heavy (non-hydrogen) atoms. The van der Waals surface area contributed by atoms with Crippen LogP contribution in [0.15, 0.2) is 24.3 Å². The van der Waals surface area contributed by atoms with Gasteiger partial charge in [-0.3, -0.25) is 9.59 Å². The molecular formula is C15H21N3O2. The standard InChI is InChI=1S/C15H21N3O2/c1-2-16-14(19)7-8-17-15(20)13-9-11-5-3-4-6-12(11)10-18-13/h3-6,13,18H,2,7-10H2,1H3,(H,16,19)(H,17,20). The Morgan fingerprint density at radius 2 is 2.00 bits per heavy atom. The molecule has 1 atom stereocenters. The van der Waals surface area contributed by atoms with E-state index in [0.717, 1.165) is 0 Å². The SMILES string of the molecule is CCNC(=O)CCNC(=O)C1Cc2ccccc2CN1. The van der Waals surface area contributed by atoms with Crippen molar-refractivity contribution in [2.24, 2.45) is 0 Å². The minimum atomic E-state index is -0.209. The quantitative estimate of drug-likeness (QED) is 0.726. The van der Waals surface area contributed by atoms with E-state index in [4.69, 9.17) is 0 Å². The molecule has 0 aromatic heterocycles. The molecule has 2 amide bonds. The van der Waals surface area contributed by atoms with E-state index >= 15 is 0 Å². The second-order valence-electron chi connectivity index (χ2n) is 4.90. The highest BCUT2D eigenvalue weighted by atomic mass is 16.2. The number of carbonyl (C=O) groups excluding carboxylic acids is 2. The summed E-state index contributed by atoms with van der Waals surface area (Å²) in [6.07, 6.45) is 1.02. The van der Waals surface area contributed by atoms with Crippen LogP contribution in [-0.4, -0.2) is 30.9 Å². The van der Waals surface area contributed by atoms with E-state index < -0.39 is 0 Å². The normalized spacial score (nSPS) is 17.1. The van der Waals surface area contributed by atoms with Crippen molar-refractivity contribution in [1.82, 2.24) is 16.0 Å². The molecule has 0 spiro atoms. The Bertz CT molecular complexity index is 488. The van der Waals surface area contributed by atoms with Crippen LogP contribution in [0.1, 0.15) is 24.5 Å². The van der Waals surface area contributed by atoms with Gasteiger partial charge >= 0.3 is 0 Å². The van der Waals surface area contributed by atoms with Gasteiger partial charge in [0.25, 0.3) is 0 Å². The van der Waals surface area contributed by atoms with Crippen LogP contribution >= 0.6 is 0 Å². The van der Waals surface area contributed by atoms with Crippen LogP contribution in [0, 0.1) is 0 Å². The largest absolute Gasteiger partial charge is 0.356 e. The topological polar surface area (TPSA) is 70.2 Å². The van der Waals surface area contributed by atoms with Gasteiger partial charge in [0.05, 0.1) is 6.04 Å². The number of fused-ring (bicyclic) bond motifs is 1. The molecule has 108 valence electrons. The second-order valence-corrected chi connectivity index (χ2v) is 4.90. The van der Waals surface area contributed by atoms with Crippen molar-refractivity contribution in [3.8, 4) is 0 Å². The molecule has 0 aliphatic carbocycles. The number of carbonyl (C=O) groups is 2. The molecule has 0 saturated heterocycles. The first-order chi connectivity index (χ1) is 9.70. The Balaban J connectivity index is 1.78. The lowest BCUT2D eigenvalue weighted by Gasteiger charge is -2.25. The van der Waals surface area contributed by atoms with Crippen LogP contribution in [-0.2, 0) is 22.6 Å². The summed E-state index contributed by atoms with van der Waals surface area (Å²) in [5, 5.41) is 8.74. The molecule has 2 rings (SSSR count). The van der Waals surface area contributed by atoms with Crippen molar-refractivity contribution >= 4 is 11.8 Å². The third kappa shape index (κ3) is 3.81. The van der Waals surface area contributed by atoms with Gasteiger partial charge in [-0.05, 0) is 24.5 Å². The van der Waals surface area contributed by atoms with E-state index in [-0.39, 0.29) is 17.9 Å². The van der Waals surface area contributed by atoms with Crippen LogP contribution in [0.5, 0.6) is 0 Å². The van der Waals surface area contributed by atoms with Crippen LogP contribution in [0.2, 0.25) is 0 Å². The molecule has 1 aromatic carbocycles. The molecule has 5 nitrogen and oxygen atoms in total. The maximum atomic E-state index is 12.0. The summed E-state index contributed by atoms with van der Waals surface area (Å²) in [4.78, 5) is 23.3. The fraction of sp³-hybridized carbons (Fsp3) is 0.467. The van der Waals surface area contributed by atoms with E-state index in [0.29, 0.717) is 32.5 Å². The van der Waals surface area contributed by atoms with Crippen molar-refractivity contribution in [2.45, 2.75) is 32.4 Å². The van der Waals surface area contributed by atoms with Crippen molar-refractivity contribution < 1.29 is 9.59 Å². The third-order valence-electron chi connectivity index (χ3n) is 3.42. The highest BCUT2D eigenvalue weighted by Crippen LogP contribution is 2.16. The minimum absolute atomic E-state index is 0.0326. The number of rotatable bonds is 5. The zero-order valence-corrected chi connectivity index (χ0v) is 11.7. The summed E-state index contributed by atoms with van der Waals surface area (Å²) < 4.78 is 0. The highest BCUT2D eigenvalue weighted by Gasteiger charge is 2.23. The Morgan fingerprint density at radius 1 is 1.25 bits per heavy atom. The number of hydrogen-bond acceptors (Lipinski definition) is 3. The Kier molecular flexibility index (Phi) is 5.12. The lowest BCUT2D eigenvalue weighted by atomic mass is 9.95. The zero-order valence-electron chi connectivity index (χ0n) is 11.7. The zero-order chi connectivity index (χ0) is 14.4. The summed E-state index contributed by atoms with van der Waals surface area (Å²) in [6, 6.07) is 7.93. The Morgan fingerprint density at radius 3 is 2.75 bits per heavy atom. The number of benzene rings is 1. The van der Waals surface area contributed by atoms with Crippen molar-refractivity contribution in [1.29, 1.82) is 0 Å². The monoisotopic (exact) mass is 275 g/mol. The molecule has 1 unspecified atom stereocenters. The van der Waals surface area contributed by atoms with Gasteiger partial charge in [0.2, 0.25) is 11.8 Å². The first kappa shape index (κ1) is 14.5. The predicted molar refractivity (Wildman–Crippen MR) is 77.1 cm³/mol. The van der Waals surface area contributed by atoms with Crippen molar-refractivity contribution in [2.75, 3.05) is 13.1 Å². The molecule has 0 saturated carbocycles. The van der Waals surface area contributed by atoms with Crippen LogP contribution < -0.4 is 16.0 Å². The van der Waals surface area contributed by atoms with E-state index in [1.165, 1.54) is 11.1 Å². The number of hydrogen-bond donors (Lipinski definition) is 3. The average Bonchev–Trinajstić information content (AvgIpc) is 2.47. The van der Waals surface area contributed by atoms with Gasteiger partial charge < -0.3 is 16.0 Å². The van der Waals surface area contributed by atoms with E-state index in [1.54, 1.807) is 0 Å². The highest BCUT2D eigenvalue weighted by molar-refractivity contribution is 5.83. The molecule has 1 aliphatic heterocycles. The summed E-state index contributed by atoms with van der Waals surface area (Å²) in [5.41, 5.74) is 2.47. The average molecular weight is 275 g/mol. The third-order valence-corrected chi connectivity index (χ3v) is 3.42. The molecule has 1 aromatic rings. The fourth-order valence-corrected chi connectivity index (χ4v) is 2.35. The van der Waals surface area contributed by atoms with Gasteiger partial charge in [0.1, 0.15) is 0 Å². The molecular weight excluding hydrogens is 254 g/mol. The summed E-state index contributed by atoms with van der Waals surface area (Å²) in [5.74, 6) is -0.0708. The van der Waals surface area contributed by atoms with E-state index in [2.05, 4.69) is 28.1 Å². The first-order valence-electron chi connectivity index (χ1n) is 7.05. The second kappa shape index (κ2) is 7.05. The molecule has 3 N–H and O–H groups in total. The van der Waals surface area contributed by atoms with E-state index in [1.807, 2.05) is 19.1 Å². The van der Waals surface area contributed by atoms with Gasteiger partial charge in [-0.2, -0.15) is 0 Å². The summed E-state index contributed by atoms with van der Waals surface area (Å²) in [7, 11) is 0. The Labute approximate surface area is 119 Å². The van der Waals surface area contributed by atoms with E-state index in [9.17, 15) is 9.59 Å². The lowest BCUT2D eigenvalue weighted by Crippen LogP contribution is -2.48. The maximum Gasteiger partial charge on any atom is 0.237 e. The summed E-state index contributed by atoms with van der Waals surface area (Å²) >= 11 is 0. The first-order valence-corrected chi connectivity index (χ1v) is 7.05. The lowest BCUT2D eigenvalue weighted by molar-refractivity contribution is -0.123. The fourth-order valence-electron chi connectivity index (χ4n) is 2.35. The molecule has 1 aliphatic rings. The molecule has 0 radical (unpaired) electrons. The minimum Gasteiger partial charge on any atom is -0.356 e. The van der Waals surface area contributed by atoms with Gasteiger partial charge in [-0.25, -0.2) is 0 Å². The molecule has 0 bridgehead atoms. The number of amides is 2.